The molecule has 3 aliphatic rings. The summed E-state index contributed by atoms with van der Waals surface area (Å²) in [4.78, 5) is 54.3. The zero-order valence-corrected chi connectivity index (χ0v) is 45.2. The summed E-state index contributed by atoms with van der Waals surface area (Å²) < 4.78 is 62.2. The molecule has 1 aromatic rings. The molecule has 0 saturated carbocycles. The van der Waals surface area contributed by atoms with Crippen LogP contribution in [0.4, 0.5) is 0 Å². The van der Waals surface area contributed by atoms with Crippen LogP contribution in [0.15, 0.2) is 30.3 Å². The molecule has 0 radical (unpaired) electrons. The van der Waals surface area contributed by atoms with Crippen LogP contribution in [0.5, 0.6) is 0 Å². The van der Waals surface area contributed by atoms with Gasteiger partial charge in [-0.3, -0.25) is 19.2 Å². The highest BCUT2D eigenvalue weighted by Crippen LogP contribution is 2.43. The molecule has 4 rings (SSSR count). The summed E-state index contributed by atoms with van der Waals surface area (Å²) >= 11 is 0. The highest BCUT2D eigenvalue weighted by atomic mass is 16.7. The Labute approximate surface area is 423 Å². The molecule has 0 aliphatic carbocycles. The van der Waals surface area contributed by atoms with E-state index in [-0.39, 0.29) is 37.5 Å². The number of cyclic esters (lactones) is 1. The summed E-state index contributed by atoms with van der Waals surface area (Å²) in [7, 11) is 10.5. The number of benzene rings is 1. The van der Waals surface area contributed by atoms with Gasteiger partial charge in [-0.1, -0.05) is 51.1 Å². The van der Waals surface area contributed by atoms with E-state index in [1.807, 2.05) is 38.9 Å². The minimum Gasteiger partial charge on any atom is -0.463 e. The van der Waals surface area contributed by atoms with E-state index in [2.05, 4.69) is 48.3 Å². The molecule has 18 heteroatoms. The number of aliphatic hydroxyl groups excluding tert-OH is 1. The third-order valence-electron chi connectivity index (χ3n) is 14.5. The average Bonchev–Trinajstić information content (AvgIpc) is 3.31. The molecule has 3 aliphatic heterocycles. The molecule has 0 unspecified atom stereocenters. The van der Waals surface area contributed by atoms with E-state index < -0.39 is 109 Å². The van der Waals surface area contributed by atoms with Crippen molar-refractivity contribution in [3.63, 3.8) is 0 Å². The van der Waals surface area contributed by atoms with Crippen LogP contribution in [0, 0.1) is 17.8 Å². The number of carbonyl (C=O) groups excluding carboxylic acids is 4. The van der Waals surface area contributed by atoms with Crippen molar-refractivity contribution in [2.75, 3.05) is 62.1 Å². The van der Waals surface area contributed by atoms with Crippen molar-refractivity contribution in [1.82, 2.24) is 14.9 Å². The van der Waals surface area contributed by atoms with Gasteiger partial charge < -0.3 is 57.4 Å². The van der Waals surface area contributed by atoms with Gasteiger partial charge in [-0.25, -0.2) is 10.0 Å². The van der Waals surface area contributed by atoms with Crippen LogP contribution in [0.2, 0.25) is 0 Å². The normalized spacial score (nSPS) is 34.0. The second-order valence-corrected chi connectivity index (χ2v) is 20.4. The quantitative estimate of drug-likeness (QED) is 0.100. The number of hydrogen-bond donors (Lipinski definition) is 1. The van der Waals surface area contributed by atoms with Gasteiger partial charge in [0.25, 0.3) is 0 Å². The lowest BCUT2D eigenvalue weighted by Gasteiger charge is -2.53. The molecule has 18 nitrogen and oxygen atoms in total. The number of esters is 4. The predicted molar refractivity (Wildman–Crippen MR) is 265 cm³/mol. The van der Waals surface area contributed by atoms with Crippen molar-refractivity contribution in [1.29, 1.82) is 0 Å². The summed E-state index contributed by atoms with van der Waals surface area (Å²) in [6.45, 7) is 16.3. The first-order chi connectivity index (χ1) is 33.7. The van der Waals surface area contributed by atoms with Gasteiger partial charge >= 0.3 is 23.9 Å². The van der Waals surface area contributed by atoms with Gasteiger partial charge in [0, 0.05) is 86.5 Å². The molecular weight excluding hydrogens is 919 g/mol. The molecule has 0 aromatic heterocycles. The van der Waals surface area contributed by atoms with Gasteiger partial charge in [0.2, 0.25) is 0 Å². The Morgan fingerprint density at radius 3 is 2.15 bits per heavy atom. The Kier molecular flexibility index (Phi) is 24.6. The standard InChI is InChI=1S/C53H89N3O15/c1-15-41(58)68-40-31-43(60)65-34(4)25-28-56(55(11)26-20-23-38-21-18-17-19-22-38)27-24-33(3)29-39(30-44(62-12)63-13)46(50(40)64-14)51-48(61)47(54(9)10)49(35(5)67-51)70-45-32-53(8,71-37(7)57)52(36(6)66-45)69-42(59)16-2/h17-19,21-22,33-36,39-40,44-52,61H,15-16,20,23-32H2,1-14H3/t33-,34+,35+,36-,39+,40+,45-,46-,47+,48+,49+,50+,51-,52-,53+/m0/s1. The minimum absolute atomic E-state index is 0.0192. The average molecular weight is 1010 g/mol. The summed E-state index contributed by atoms with van der Waals surface area (Å²) in [6.07, 6.45) is -5.43. The monoisotopic (exact) mass is 1010 g/mol. The van der Waals surface area contributed by atoms with Crippen molar-refractivity contribution >= 4 is 23.9 Å². The maximum atomic E-state index is 14.1. The maximum Gasteiger partial charge on any atom is 0.309 e. The molecule has 3 heterocycles. The first kappa shape index (κ1) is 60.3. The summed E-state index contributed by atoms with van der Waals surface area (Å²) in [5, 5.41) is 17.6. The topological polar surface area (TPSA) is 191 Å². The SMILES string of the molecule is CCC(=O)O[C@@H]1CC(=O)O[C@H](C)CCN(N(C)CCCc2ccccc2)CC[C@H](C)C[C@H](CC(OC)OC)[C@H]([C@@H]2O[C@H](C)[C@@H](O[C@H]3C[C@@](C)(OC(C)=O)[C@@H](OC(=O)CC)[C@H](C)O3)[C@H](N(C)C)[C@H]2O)[C@@H]1OC. The number of hydrogen-bond acceptors (Lipinski definition) is 18. The van der Waals surface area contributed by atoms with E-state index in [1.165, 1.54) is 19.6 Å². The Bertz CT molecular complexity index is 1770. The third kappa shape index (κ3) is 17.4. The van der Waals surface area contributed by atoms with Crippen LogP contribution in [-0.2, 0) is 73.0 Å². The molecule has 0 bridgehead atoms. The van der Waals surface area contributed by atoms with E-state index in [9.17, 15) is 24.3 Å². The highest BCUT2D eigenvalue weighted by molar-refractivity contribution is 5.73. The number of hydrazine groups is 1. The number of aliphatic hydroxyl groups is 1. The van der Waals surface area contributed by atoms with Gasteiger partial charge in [-0.2, -0.15) is 0 Å². The number of rotatable bonds is 19. The molecule has 71 heavy (non-hydrogen) atoms. The minimum atomic E-state index is -1.30. The van der Waals surface area contributed by atoms with Crippen molar-refractivity contribution in [2.24, 2.45) is 17.8 Å². The molecule has 3 fully saturated rings. The predicted octanol–water partition coefficient (Wildman–Crippen LogP) is 5.73. The highest BCUT2D eigenvalue weighted by Gasteiger charge is 2.56. The molecule has 1 aromatic carbocycles. The fraction of sp³-hybridized carbons (Fsp3) is 0.811. The van der Waals surface area contributed by atoms with Gasteiger partial charge in [-0.05, 0) is 91.3 Å². The van der Waals surface area contributed by atoms with Gasteiger partial charge in [0.05, 0.1) is 36.9 Å². The van der Waals surface area contributed by atoms with E-state index in [0.29, 0.717) is 25.8 Å². The molecule has 15 atom stereocenters. The second-order valence-electron chi connectivity index (χ2n) is 20.4. The van der Waals surface area contributed by atoms with Gasteiger partial charge in [0.1, 0.15) is 24.4 Å². The Morgan fingerprint density at radius 2 is 1.55 bits per heavy atom. The number of methoxy groups -OCH3 is 3. The molecule has 406 valence electrons. The zero-order valence-electron chi connectivity index (χ0n) is 45.2. The maximum absolute atomic E-state index is 14.1. The number of ether oxygens (including phenoxy) is 10. The molecule has 1 N–H and O–H groups in total. The summed E-state index contributed by atoms with van der Waals surface area (Å²) in [5.74, 6) is -3.07. The van der Waals surface area contributed by atoms with Crippen LogP contribution < -0.4 is 0 Å². The fourth-order valence-corrected chi connectivity index (χ4v) is 10.9. The number of carbonyl (C=O) groups is 4. The molecule has 3 saturated heterocycles. The van der Waals surface area contributed by atoms with E-state index in [4.69, 9.17) is 47.4 Å². The fourth-order valence-electron chi connectivity index (χ4n) is 10.9. The van der Waals surface area contributed by atoms with Crippen molar-refractivity contribution in [3.05, 3.63) is 35.9 Å². The smallest absolute Gasteiger partial charge is 0.309 e. The van der Waals surface area contributed by atoms with Crippen molar-refractivity contribution in [3.8, 4) is 0 Å². The third-order valence-corrected chi connectivity index (χ3v) is 14.5. The van der Waals surface area contributed by atoms with Crippen LogP contribution in [0.25, 0.3) is 0 Å². The molecular formula is C53H89N3O15. The Morgan fingerprint density at radius 1 is 0.901 bits per heavy atom. The first-order valence-electron chi connectivity index (χ1n) is 25.9. The summed E-state index contributed by atoms with van der Waals surface area (Å²) in [6, 6.07) is 9.73. The van der Waals surface area contributed by atoms with Gasteiger partial charge in [-0.15, -0.1) is 0 Å². The lowest BCUT2D eigenvalue weighted by molar-refractivity contribution is -0.320. The Hall–Kier alpha value is -3.30. The first-order valence-corrected chi connectivity index (χ1v) is 25.9. The van der Waals surface area contributed by atoms with Crippen LogP contribution in [-0.4, -0.2) is 185 Å². The lowest BCUT2D eigenvalue weighted by atomic mass is 9.71. The van der Waals surface area contributed by atoms with Crippen molar-refractivity contribution in [2.45, 2.75) is 199 Å². The number of likely N-dealkylation sites (N-methyl/N-ethyl adjacent to an activating group) is 1. The Balaban J connectivity index is 1.77. The zero-order chi connectivity index (χ0) is 52.6. The van der Waals surface area contributed by atoms with E-state index >= 15 is 0 Å². The largest absolute Gasteiger partial charge is 0.463 e. The van der Waals surface area contributed by atoms with Crippen LogP contribution in [0.3, 0.4) is 0 Å². The number of aryl methyl sites for hydroxylation is 1. The van der Waals surface area contributed by atoms with Gasteiger partial charge in [0.15, 0.2) is 24.3 Å². The van der Waals surface area contributed by atoms with Crippen molar-refractivity contribution < 1.29 is 71.7 Å². The van der Waals surface area contributed by atoms with Crippen LogP contribution in [0.1, 0.15) is 119 Å². The second kappa shape index (κ2) is 29.0. The lowest BCUT2D eigenvalue weighted by Crippen LogP contribution is -2.67. The molecule has 0 amide bonds. The van der Waals surface area contributed by atoms with E-state index in [1.54, 1.807) is 41.9 Å². The number of nitrogens with zero attached hydrogens (tertiary/aromatic N) is 3. The summed E-state index contributed by atoms with van der Waals surface area (Å²) in [5.41, 5.74) is -0.00969. The molecule has 0 spiro atoms. The van der Waals surface area contributed by atoms with Crippen LogP contribution >= 0.6 is 0 Å². The van der Waals surface area contributed by atoms with E-state index in [0.717, 1.165) is 32.4 Å².